The van der Waals surface area contributed by atoms with Gasteiger partial charge >= 0.3 is 15.5 Å². The van der Waals surface area contributed by atoms with Crippen LogP contribution in [0.2, 0.25) is 0 Å². The van der Waals surface area contributed by atoms with Gasteiger partial charge in [0.2, 0.25) is 0 Å². The van der Waals surface area contributed by atoms with E-state index in [1.165, 1.54) is 4.72 Å². The van der Waals surface area contributed by atoms with Crippen molar-refractivity contribution in [3.63, 3.8) is 0 Å². The van der Waals surface area contributed by atoms with Gasteiger partial charge in [0.15, 0.2) is 0 Å². The minimum atomic E-state index is -5.21. The van der Waals surface area contributed by atoms with E-state index in [4.69, 9.17) is 0 Å². The first-order valence-electron chi connectivity index (χ1n) is 4.62. The van der Waals surface area contributed by atoms with E-state index in [1.807, 2.05) is 0 Å². The van der Waals surface area contributed by atoms with Gasteiger partial charge in [0, 0.05) is 12.6 Å². The van der Waals surface area contributed by atoms with E-state index in [1.54, 1.807) is 0 Å². The van der Waals surface area contributed by atoms with Gasteiger partial charge in [-0.3, -0.25) is 0 Å². The summed E-state index contributed by atoms with van der Waals surface area (Å²) in [4.78, 5) is 0. The molecule has 0 aliphatic carbocycles. The summed E-state index contributed by atoms with van der Waals surface area (Å²) in [6, 6.07) is 0.126. The Hall–Kier alpha value is -0.340. The Morgan fingerprint density at radius 3 is 2.53 bits per heavy atom. The van der Waals surface area contributed by atoms with E-state index in [0.717, 1.165) is 19.4 Å². The van der Waals surface area contributed by atoms with Crippen molar-refractivity contribution in [3.8, 4) is 0 Å². The summed E-state index contributed by atoms with van der Waals surface area (Å²) in [6.45, 7) is 0.663. The standard InChI is InChI=1S/C7H13F3N2O2S/c8-7(9,10)15(13,14)12-5-3-6-2-1-4-11-6/h6,11-12H,1-5H2. The summed E-state index contributed by atoms with van der Waals surface area (Å²) >= 11 is 0. The first-order chi connectivity index (χ1) is 6.83. The molecule has 1 atom stereocenters. The smallest absolute Gasteiger partial charge is 0.314 e. The molecule has 90 valence electrons. The van der Waals surface area contributed by atoms with Gasteiger partial charge in [-0.05, 0) is 25.8 Å². The van der Waals surface area contributed by atoms with Gasteiger partial charge < -0.3 is 5.32 Å². The fourth-order valence-corrected chi connectivity index (χ4v) is 2.00. The normalized spacial score (nSPS) is 23.3. The van der Waals surface area contributed by atoms with Crippen molar-refractivity contribution < 1.29 is 21.6 Å². The number of hydrogen-bond donors (Lipinski definition) is 2. The predicted molar refractivity (Wildman–Crippen MR) is 48.6 cm³/mol. The Kier molecular flexibility index (Phi) is 3.96. The van der Waals surface area contributed by atoms with Crippen LogP contribution in [0.3, 0.4) is 0 Å². The van der Waals surface area contributed by atoms with Crippen LogP contribution in [-0.4, -0.2) is 33.1 Å². The Balaban J connectivity index is 2.30. The fourth-order valence-electron chi connectivity index (χ4n) is 1.45. The maximum atomic E-state index is 11.9. The van der Waals surface area contributed by atoms with Crippen LogP contribution >= 0.6 is 0 Å². The van der Waals surface area contributed by atoms with Gasteiger partial charge in [0.25, 0.3) is 0 Å². The molecule has 0 aromatic heterocycles. The van der Waals surface area contributed by atoms with Crippen LogP contribution in [0.25, 0.3) is 0 Å². The molecule has 0 aromatic rings. The van der Waals surface area contributed by atoms with Gasteiger partial charge in [-0.25, -0.2) is 13.1 Å². The summed E-state index contributed by atoms with van der Waals surface area (Å²) in [5.41, 5.74) is -5.21. The Morgan fingerprint density at radius 1 is 1.40 bits per heavy atom. The zero-order valence-electron chi connectivity index (χ0n) is 7.97. The third kappa shape index (κ3) is 3.62. The van der Waals surface area contributed by atoms with E-state index < -0.39 is 15.5 Å². The molecule has 1 aliphatic rings. The maximum Gasteiger partial charge on any atom is 0.511 e. The lowest BCUT2D eigenvalue weighted by atomic mass is 10.2. The van der Waals surface area contributed by atoms with E-state index in [-0.39, 0.29) is 12.6 Å². The largest absolute Gasteiger partial charge is 0.511 e. The molecule has 8 heteroatoms. The third-order valence-electron chi connectivity index (χ3n) is 2.25. The van der Waals surface area contributed by atoms with Gasteiger partial charge in [0.05, 0.1) is 0 Å². The lowest BCUT2D eigenvalue weighted by molar-refractivity contribution is -0.0447. The van der Waals surface area contributed by atoms with Crippen LogP contribution in [0.5, 0.6) is 0 Å². The summed E-state index contributed by atoms with van der Waals surface area (Å²) < 4.78 is 58.3. The molecule has 0 radical (unpaired) electrons. The summed E-state index contributed by atoms with van der Waals surface area (Å²) in [6.07, 6.45) is 2.25. The molecule has 1 heterocycles. The zero-order valence-corrected chi connectivity index (χ0v) is 8.79. The average molecular weight is 246 g/mol. The third-order valence-corrected chi connectivity index (χ3v) is 3.45. The van der Waals surface area contributed by atoms with Gasteiger partial charge in [0.1, 0.15) is 0 Å². The summed E-state index contributed by atoms with van der Waals surface area (Å²) in [5, 5.41) is 3.07. The van der Waals surface area contributed by atoms with Crippen molar-refractivity contribution in [2.24, 2.45) is 0 Å². The van der Waals surface area contributed by atoms with Crippen molar-refractivity contribution in [3.05, 3.63) is 0 Å². The quantitative estimate of drug-likeness (QED) is 0.762. The number of nitrogens with one attached hydrogen (secondary N) is 2. The van der Waals surface area contributed by atoms with Crippen LogP contribution in [0.4, 0.5) is 13.2 Å². The Morgan fingerprint density at radius 2 is 2.07 bits per heavy atom. The molecular weight excluding hydrogens is 233 g/mol. The number of rotatable bonds is 4. The SMILES string of the molecule is O=S(=O)(NCCC1CCCN1)C(F)(F)F. The minimum Gasteiger partial charge on any atom is -0.314 e. The van der Waals surface area contributed by atoms with E-state index in [2.05, 4.69) is 5.32 Å². The van der Waals surface area contributed by atoms with Crippen molar-refractivity contribution in [1.29, 1.82) is 0 Å². The molecule has 1 aliphatic heterocycles. The molecule has 0 aromatic carbocycles. The highest BCUT2D eigenvalue weighted by atomic mass is 32.2. The highest BCUT2D eigenvalue weighted by Gasteiger charge is 2.45. The second kappa shape index (κ2) is 4.67. The van der Waals surface area contributed by atoms with E-state index >= 15 is 0 Å². The molecule has 0 spiro atoms. The van der Waals surface area contributed by atoms with E-state index in [9.17, 15) is 21.6 Å². The van der Waals surface area contributed by atoms with Crippen LogP contribution < -0.4 is 10.0 Å². The van der Waals surface area contributed by atoms with E-state index in [0.29, 0.717) is 6.42 Å². The van der Waals surface area contributed by atoms with Gasteiger partial charge in [-0.1, -0.05) is 0 Å². The monoisotopic (exact) mass is 246 g/mol. The molecular formula is C7H13F3N2O2S. The van der Waals surface area contributed by atoms with Crippen LogP contribution in [0, 0.1) is 0 Å². The number of halogens is 3. The molecule has 1 rings (SSSR count). The number of alkyl halides is 3. The molecule has 15 heavy (non-hydrogen) atoms. The molecule has 4 nitrogen and oxygen atoms in total. The molecule has 1 fully saturated rings. The van der Waals surface area contributed by atoms with Gasteiger partial charge in [-0.15, -0.1) is 0 Å². The zero-order chi connectivity index (χ0) is 11.5. The van der Waals surface area contributed by atoms with Crippen molar-refractivity contribution in [2.45, 2.75) is 30.8 Å². The average Bonchev–Trinajstić information content (AvgIpc) is 2.54. The molecule has 2 N–H and O–H groups in total. The topological polar surface area (TPSA) is 58.2 Å². The molecule has 0 bridgehead atoms. The molecule has 1 unspecified atom stereocenters. The first-order valence-corrected chi connectivity index (χ1v) is 6.10. The maximum absolute atomic E-state index is 11.9. The second-order valence-corrected chi connectivity index (χ2v) is 5.18. The van der Waals surface area contributed by atoms with Crippen LogP contribution in [0.15, 0.2) is 0 Å². The Labute approximate surface area is 86.3 Å². The highest BCUT2D eigenvalue weighted by molar-refractivity contribution is 7.90. The Bertz CT molecular complexity index is 296. The van der Waals surface area contributed by atoms with Crippen molar-refractivity contribution in [2.75, 3.05) is 13.1 Å². The number of hydrogen-bond acceptors (Lipinski definition) is 3. The lowest BCUT2D eigenvalue weighted by Crippen LogP contribution is -2.38. The van der Waals surface area contributed by atoms with Crippen molar-refractivity contribution in [1.82, 2.24) is 10.0 Å². The summed E-state index contributed by atoms with van der Waals surface area (Å²) in [7, 11) is -5.17. The highest BCUT2D eigenvalue weighted by Crippen LogP contribution is 2.21. The fraction of sp³-hybridized carbons (Fsp3) is 1.00. The predicted octanol–water partition coefficient (Wildman–Crippen LogP) is 0.568. The van der Waals surface area contributed by atoms with Gasteiger partial charge in [-0.2, -0.15) is 13.2 Å². The van der Waals surface area contributed by atoms with Crippen LogP contribution in [0.1, 0.15) is 19.3 Å². The first kappa shape index (κ1) is 12.7. The molecule has 0 saturated carbocycles. The summed E-state index contributed by atoms with van der Waals surface area (Å²) in [5.74, 6) is 0. The lowest BCUT2D eigenvalue weighted by Gasteiger charge is -2.12. The van der Waals surface area contributed by atoms with Crippen molar-refractivity contribution >= 4 is 10.0 Å². The molecule has 1 saturated heterocycles. The number of sulfonamides is 1. The molecule has 0 amide bonds. The van der Waals surface area contributed by atoms with Crippen LogP contribution in [-0.2, 0) is 10.0 Å². The second-order valence-electron chi connectivity index (χ2n) is 3.43. The minimum absolute atomic E-state index is 0.126.